The van der Waals surface area contributed by atoms with Crippen molar-refractivity contribution < 1.29 is 9.90 Å². The monoisotopic (exact) mass is 325 g/mol. The third-order valence-corrected chi connectivity index (χ3v) is 4.23. The molecule has 1 atom stereocenters. The molecule has 25 heavy (non-hydrogen) atoms. The Morgan fingerprint density at radius 1 is 0.800 bits per heavy atom. The second-order valence-electron chi connectivity index (χ2n) is 5.81. The number of benzene rings is 3. The maximum absolute atomic E-state index is 12.9. The van der Waals surface area contributed by atoms with Crippen LogP contribution in [0.2, 0.25) is 0 Å². The molecule has 120 valence electrons. The first kappa shape index (κ1) is 15.2. The molecule has 0 fully saturated rings. The predicted molar refractivity (Wildman–Crippen MR) is 96.9 cm³/mol. The predicted octanol–water partition coefficient (Wildman–Crippen LogP) is 3.54. The van der Waals surface area contributed by atoms with E-state index >= 15 is 0 Å². The maximum atomic E-state index is 12.9. The van der Waals surface area contributed by atoms with E-state index in [1.807, 2.05) is 48.5 Å². The van der Waals surface area contributed by atoms with Crippen molar-refractivity contribution >= 4 is 11.6 Å². The van der Waals surface area contributed by atoms with Gasteiger partial charge in [-0.3, -0.25) is 9.69 Å². The van der Waals surface area contributed by atoms with Crippen LogP contribution in [-0.4, -0.2) is 11.0 Å². The first-order valence-electron chi connectivity index (χ1n) is 8.00. The molecular formula is C22H15NO2. The van der Waals surface area contributed by atoms with Crippen LogP contribution in [0.1, 0.15) is 21.5 Å². The van der Waals surface area contributed by atoms with Crippen LogP contribution in [0.25, 0.3) is 0 Å². The molecule has 1 aliphatic rings. The van der Waals surface area contributed by atoms with Gasteiger partial charge in [-0.25, -0.2) is 0 Å². The molecular weight excluding hydrogens is 310 g/mol. The summed E-state index contributed by atoms with van der Waals surface area (Å²) in [4.78, 5) is 14.3. The largest absolute Gasteiger partial charge is 0.357 e. The molecule has 3 nitrogen and oxygen atoms in total. The number of para-hydroxylation sites is 1. The zero-order valence-corrected chi connectivity index (χ0v) is 13.4. The quantitative estimate of drug-likeness (QED) is 0.695. The lowest BCUT2D eigenvalue weighted by molar-refractivity contribution is 0.0792. The maximum Gasteiger partial charge on any atom is 0.262 e. The van der Waals surface area contributed by atoms with Crippen LogP contribution in [0.15, 0.2) is 84.9 Å². The van der Waals surface area contributed by atoms with E-state index in [4.69, 9.17) is 0 Å². The summed E-state index contributed by atoms with van der Waals surface area (Å²) in [6.07, 6.45) is 0. The van der Waals surface area contributed by atoms with Crippen molar-refractivity contribution in [3.05, 3.63) is 102 Å². The molecule has 0 spiro atoms. The molecule has 3 heteroatoms. The van der Waals surface area contributed by atoms with Crippen molar-refractivity contribution in [3.63, 3.8) is 0 Å². The van der Waals surface area contributed by atoms with Gasteiger partial charge in [0.15, 0.2) is 0 Å². The van der Waals surface area contributed by atoms with E-state index in [0.29, 0.717) is 16.8 Å². The Balaban J connectivity index is 1.89. The summed E-state index contributed by atoms with van der Waals surface area (Å²) in [5, 5.41) is 11.4. The summed E-state index contributed by atoms with van der Waals surface area (Å²) in [5.41, 5.74) is 0.656. The van der Waals surface area contributed by atoms with Gasteiger partial charge in [-0.15, -0.1) is 0 Å². The average molecular weight is 325 g/mol. The molecule has 1 N–H and O–H groups in total. The van der Waals surface area contributed by atoms with Gasteiger partial charge in [-0.05, 0) is 36.3 Å². The Morgan fingerprint density at radius 3 is 2.12 bits per heavy atom. The van der Waals surface area contributed by atoms with Gasteiger partial charge in [0.1, 0.15) is 0 Å². The zero-order chi connectivity index (χ0) is 17.3. The molecule has 0 radical (unpaired) electrons. The molecule has 0 aliphatic carbocycles. The van der Waals surface area contributed by atoms with Crippen molar-refractivity contribution in [3.8, 4) is 11.8 Å². The second kappa shape index (κ2) is 5.94. The van der Waals surface area contributed by atoms with Crippen molar-refractivity contribution in [2.24, 2.45) is 0 Å². The van der Waals surface area contributed by atoms with Gasteiger partial charge < -0.3 is 5.11 Å². The van der Waals surface area contributed by atoms with Gasteiger partial charge in [0.05, 0.1) is 0 Å². The van der Waals surface area contributed by atoms with Gasteiger partial charge in [-0.1, -0.05) is 60.5 Å². The Bertz CT molecular complexity index is 987. The molecule has 0 aromatic heterocycles. The van der Waals surface area contributed by atoms with Crippen LogP contribution in [0.4, 0.5) is 5.69 Å². The summed E-state index contributed by atoms with van der Waals surface area (Å²) in [6.45, 7) is 0. The lowest BCUT2D eigenvalue weighted by Crippen LogP contribution is -2.43. The summed E-state index contributed by atoms with van der Waals surface area (Å²) in [5.74, 6) is 5.66. The summed E-state index contributed by atoms with van der Waals surface area (Å²) in [6, 6.07) is 25.6. The smallest absolute Gasteiger partial charge is 0.262 e. The van der Waals surface area contributed by atoms with E-state index < -0.39 is 5.72 Å². The number of hydrogen-bond acceptors (Lipinski definition) is 2. The third kappa shape index (κ3) is 2.50. The third-order valence-electron chi connectivity index (χ3n) is 4.23. The van der Waals surface area contributed by atoms with E-state index in [-0.39, 0.29) is 5.91 Å². The normalized spacial score (nSPS) is 18.4. The molecule has 0 bridgehead atoms. The highest BCUT2D eigenvalue weighted by atomic mass is 16.3. The Hall–Kier alpha value is -3.35. The fourth-order valence-corrected chi connectivity index (χ4v) is 3.05. The molecule has 4 rings (SSSR count). The number of fused-ring (bicyclic) bond motifs is 1. The van der Waals surface area contributed by atoms with Gasteiger partial charge >= 0.3 is 0 Å². The number of rotatable bonds is 1. The fourth-order valence-electron chi connectivity index (χ4n) is 3.05. The highest BCUT2D eigenvalue weighted by Gasteiger charge is 2.48. The minimum Gasteiger partial charge on any atom is -0.357 e. The minimum absolute atomic E-state index is 0.258. The topological polar surface area (TPSA) is 40.5 Å². The number of carbonyl (C=O) groups excluding carboxylic acids is 1. The van der Waals surface area contributed by atoms with Crippen LogP contribution in [0.3, 0.4) is 0 Å². The van der Waals surface area contributed by atoms with Crippen molar-refractivity contribution in [2.45, 2.75) is 5.72 Å². The van der Waals surface area contributed by atoms with Crippen LogP contribution in [0, 0.1) is 11.8 Å². The van der Waals surface area contributed by atoms with Gasteiger partial charge in [-0.2, -0.15) is 0 Å². The molecule has 1 aliphatic heterocycles. The Kier molecular flexibility index (Phi) is 3.61. The summed E-state index contributed by atoms with van der Waals surface area (Å²) < 4.78 is 0. The molecule has 0 saturated heterocycles. The summed E-state index contributed by atoms with van der Waals surface area (Å²) >= 11 is 0. The van der Waals surface area contributed by atoms with Gasteiger partial charge in [0.2, 0.25) is 5.72 Å². The van der Waals surface area contributed by atoms with E-state index in [1.54, 1.807) is 36.4 Å². The molecule has 3 aromatic carbocycles. The highest BCUT2D eigenvalue weighted by Crippen LogP contribution is 2.40. The van der Waals surface area contributed by atoms with E-state index in [0.717, 1.165) is 5.56 Å². The Labute approximate surface area is 146 Å². The van der Waals surface area contributed by atoms with Crippen LogP contribution >= 0.6 is 0 Å². The second-order valence-corrected chi connectivity index (χ2v) is 5.81. The molecule has 1 unspecified atom stereocenters. The fraction of sp³-hybridized carbons (Fsp3) is 0.0455. The Morgan fingerprint density at radius 2 is 1.40 bits per heavy atom. The zero-order valence-electron chi connectivity index (χ0n) is 13.4. The van der Waals surface area contributed by atoms with Crippen molar-refractivity contribution in [1.82, 2.24) is 0 Å². The van der Waals surface area contributed by atoms with Crippen molar-refractivity contribution in [2.75, 3.05) is 4.90 Å². The lowest BCUT2D eigenvalue weighted by Gasteiger charge is -2.29. The molecule has 3 aromatic rings. The number of hydrogen-bond donors (Lipinski definition) is 1. The number of amides is 1. The van der Waals surface area contributed by atoms with E-state index in [1.165, 1.54) is 4.90 Å². The number of anilines is 1. The van der Waals surface area contributed by atoms with Gasteiger partial charge in [0.25, 0.3) is 5.91 Å². The molecule has 1 heterocycles. The first-order valence-corrected chi connectivity index (χ1v) is 8.00. The molecule has 1 amide bonds. The van der Waals surface area contributed by atoms with Crippen LogP contribution < -0.4 is 4.90 Å². The standard InChI is InChI=1S/C22H15NO2/c24-21-19-13-7-8-14-20(19)22(25,16-15-17-9-3-1-4-10-17)23(21)18-11-5-2-6-12-18/h1-14,25H. The lowest BCUT2D eigenvalue weighted by atomic mass is 10.0. The SMILES string of the molecule is O=C1c2ccccc2C(O)(C#Cc2ccccc2)N1c1ccccc1. The molecule has 0 saturated carbocycles. The van der Waals surface area contributed by atoms with E-state index in [2.05, 4.69) is 11.8 Å². The van der Waals surface area contributed by atoms with Crippen LogP contribution in [0.5, 0.6) is 0 Å². The first-order chi connectivity index (χ1) is 12.2. The number of carbonyl (C=O) groups is 1. The van der Waals surface area contributed by atoms with Crippen LogP contribution in [-0.2, 0) is 5.72 Å². The minimum atomic E-state index is -1.70. The number of nitrogens with zero attached hydrogens (tertiary/aromatic N) is 1. The highest BCUT2D eigenvalue weighted by molar-refractivity contribution is 6.12. The average Bonchev–Trinajstić information content (AvgIpc) is 2.90. The number of aliphatic hydroxyl groups is 1. The van der Waals surface area contributed by atoms with E-state index in [9.17, 15) is 9.90 Å². The van der Waals surface area contributed by atoms with Gasteiger partial charge in [0, 0.05) is 22.4 Å². The van der Waals surface area contributed by atoms with Crippen molar-refractivity contribution in [1.29, 1.82) is 0 Å². The summed E-state index contributed by atoms with van der Waals surface area (Å²) in [7, 11) is 0.